The standard InChI is InChI=1S/C23H21N3O4S/c1-12-20(14(3)27)13(2)25-21(12)18(28)10-26-11-24-17-9-19(31-22(17)23(26)29)15-5-7-16(30-4)8-6-15/h5-9,11,25H,10H2,1-4H3. The van der Waals surface area contributed by atoms with Gasteiger partial charge >= 0.3 is 0 Å². The van der Waals surface area contributed by atoms with E-state index in [0.29, 0.717) is 32.7 Å². The first-order chi connectivity index (χ1) is 14.8. The minimum Gasteiger partial charge on any atom is -0.497 e. The Balaban J connectivity index is 1.67. The average molecular weight is 436 g/mol. The monoisotopic (exact) mass is 435 g/mol. The molecule has 31 heavy (non-hydrogen) atoms. The highest BCUT2D eigenvalue weighted by atomic mass is 32.1. The van der Waals surface area contributed by atoms with E-state index in [4.69, 9.17) is 4.74 Å². The zero-order chi connectivity index (χ0) is 22.3. The molecule has 0 saturated carbocycles. The van der Waals surface area contributed by atoms with Gasteiger partial charge in [0.1, 0.15) is 10.4 Å². The van der Waals surface area contributed by atoms with E-state index < -0.39 is 0 Å². The maximum absolute atomic E-state index is 13.0. The van der Waals surface area contributed by atoms with E-state index in [-0.39, 0.29) is 23.7 Å². The lowest BCUT2D eigenvalue weighted by molar-refractivity contribution is 0.0965. The first kappa shape index (κ1) is 20.7. The molecule has 4 aromatic rings. The van der Waals surface area contributed by atoms with Crippen molar-refractivity contribution in [1.82, 2.24) is 14.5 Å². The van der Waals surface area contributed by atoms with Crippen LogP contribution in [0.25, 0.3) is 20.7 Å². The van der Waals surface area contributed by atoms with E-state index in [2.05, 4.69) is 9.97 Å². The van der Waals surface area contributed by atoms with Gasteiger partial charge in [-0.25, -0.2) is 4.98 Å². The van der Waals surface area contributed by atoms with Crippen LogP contribution in [-0.4, -0.2) is 33.2 Å². The van der Waals surface area contributed by atoms with Crippen molar-refractivity contribution < 1.29 is 14.3 Å². The Kier molecular flexibility index (Phi) is 5.32. The van der Waals surface area contributed by atoms with Gasteiger partial charge in [-0.05, 0) is 62.2 Å². The molecule has 158 valence electrons. The van der Waals surface area contributed by atoms with Crippen LogP contribution < -0.4 is 10.3 Å². The number of nitrogens with one attached hydrogen (secondary N) is 1. The number of ketones is 2. The molecule has 0 bridgehead atoms. The third-order valence-electron chi connectivity index (χ3n) is 5.26. The summed E-state index contributed by atoms with van der Waals surface area (Å²) in [5.74, 6) is 0.380. The van der Waals surface area contributed by atoms with Crippen molar-refractivity contribution in [1.29, 1.82) is 0 Å². The number of aryl methyl sites for hydroxylation is 1. The number of rotatable bonds is 6. The Morgan fingerprint density at radius 1 is 1.19 bits per heavy atom. The van der Waals surface area contributed by atoms with E-state index in [1.54, 1.807) is 21.0 Å². The fourth-order valence-electron chi connectivity index (χ4n) is 3.75. The van der Waals surface area contributed by atoms with Gasteiger partial charge in [0.15, 0.2) is 11.6 Å². The second-order valence-electron chi connectivity index (χ2n) is 7.34. The summed E-state index contributed by atoms with van der Waals surface area (Å²) in [6, 6.07) is 9.44. The van der Waals surface area contributed by atoms with Gasteiger partial charge < -0.3 is 9.72 Å². The molecule has 3 heterocycles. The van der Waals surface area contributed by atoms with Crippen molar-refractivity contribution in [3.8, 4) is 16.2 Å². The van der Waals surface area contributed by atoms with Crippen LogP contribution in [0.5, 0.6) is 5.75 Å². The van der Waals surface area contributed by atoms with E-state index in [1.807, 2.05) is 30.3 Å². The van der Waals surface area contributed by atoms with Crippen molar-refractivity contribution in [2.75, 3.05) is 7.11 Å². The Labute approximate surface area is 182 Å². The molecule has 0 fully saturated rings. The van der Waals surface area contributed by atoms with Gasteiger partial charge in [0.25, 0.3) is 5.56 Å². The fourth-order valence-corrected chi connectivity index (χ4v) is 4.81. The molecule has 3 aromatic heterocycles. The molecule has 0 aliphatic heterocycles. The quantitative estimate of drug-likeness (QED) is 0.459. The number of fused-ring (bicyclic) bond motifs is 1. The number of benzene rings is 1. The van der Waals surface area contributed by atoms with Crippen molar-refractivity contribution >= 4 is 33.1 Å². The Hall–Kier alpha value is -3.52. The van der Waals surface area contributed by atoms with Crippen LogP contribution in [0.1, 0.15) is 39.0 Å². The van der Waals surface area contributed by atoms with Crippen LogP contribution in [0.2, 0.25) is 0 Å². The predicted octanol–water partition coefficient (Wildman–Crippen LogP) is 4.16. The lowest BCUT2D eigenvalue weighted by Crippen LogP contribution is -2.24. The van der Waals surface area contributed by atoms with Crippen LogP contribution in [0.3, 0.4) is 0 Å². The van der Waals surface area contributed by atoms with Crippen LogP contribution >= 0.6 is 11.3 Å². The molecule has 0 atom stereocenters. The second kappa shape index (κ2) is 7.96. The molecule has 7 nitrogen and oxygen atoms in total. The maximum Gasteiger partial charge on any atom is 0.271 e. The summed E-state index contributed by atoms with van der Waals surface area (Å²) >= 11 is 1.34. The highest BCUT2D eigenvalue weighted by Crippen LogP contribution is 2.31. The molecule has 1 aromatic carbocycles. The maximum atomic E-state index is 13.0. The minimum absolute atomic E-state index is 0.102. The summed E-state index contributed by atoms with van der Waals surface area (Å²) in [5, 5.41) is 0. The average Bonchev–Trinajstić information content (AvgIpc) is 3.31. The summed E-state index contributed by atoms with van der Waals surface area (Å²) in [5.41, 5.74) is 3.41. The summed E-state index contributed by atoms with van der Waals surface area (Å²) in [6.07, 6.45) is 1.39. The highest BCUT2D eigenvalue weighted by Gasteiger charge is 2.21. The van der Waals surface area contributed by atoms with Crippen molar-refractivity contribution in [3.63, 3.8) is 0 Å². The van der Waals surface area contributed by atoms with Gasteiger partial charge in [-0.3, -0.25) is 19.0 Å². The lowest BCUT2D eigenvalue weighted by Gasteiger charge is -2.04. The fraction of sp³-hybridized carbons (Fsp3) is 0.217. The number of nitrogens with zero attached hydrogens (tertiary/aromatic N) is 2. The molecular weight excluding hydrogens is 414 g/mol. The molecule has 1 N–H and O–H groups in total. The van der Waals surface area contributed by atoms with Crippen LogP contribution in [-0.2, 0) is 6.54 Å². The number of ether oxygens (including phenoxy) is 1. The summed E-state index contributed by atoms with van der Waals surface area (Å²) < 4.78 is 6.99. The molecule has 0 saturated heterocycles. The minimum atomic E-state index is -0.275. The Bertz CT molecular complexity index is 1380. The van der Waals surface area contributed by atoms with Gasteiger partial charge in [0.05, 0.1) is 31.2 Å². The molecule has 0 aliphatic carbocycles. The van der Waals surface area contributed by atoms with E-state index in [1.165, 1.54) is 29.2 Å². The number of methoxy groups -OCH3 is 1. The lowest BCUT2D eigenvalue weighted by atomic mass is 10.1. The number of carbonyl (C=O) groups excluding carboxylic acids is 2. The highest BCUT2D eigenvalue weighted by molar-refractivity contribution is 7.22. The van der Waals surface area contributed by atoms with E-state index >= 15 is 0 Å². The van der Waals surface area contributed by atoms with Crippen LogP contribution in [0.15, 0.2) is 41.5 Å². The number of Topliss-reactive ketones (excluding diaryl/α,β-unsaturated/α-hetero) is 2. The van der Waals surface area contributed by atoms with Gasteiger partial charge in [-0.1, -0.05) is 0 Å². The first-order valence-corrected chi connectivity index (χ1v) is 10.5. The van der Waals surface area contributed by atoms with Gasteiger partial charge in [-0.2, -0.15) is 0 Å². The van der Waals surface area contributed by atoms with Crippen molar-refractivity contribution in [2.24, 2.45) is 0 Å². The molecule has 0 radical (unpaired) electrons. The van der Waals surface area contributed by atoms with Crippen LogP contribution in [0, 0.1) is 13.8 Å². The topological polar surface area (TPSA) is 94.1 Å². The molecule has 0 unspecified atom stereocenters. The SMILES string of the molecule is COc1ccc(-c2cc3ncn(CC(=O)c4[nH]c(C)c(C(C)=O)c4C)c(=O)c3s2)cc1. The predicted molar refractivity (Wildman–Crippen MR) is 120 cm³/mol. The summed E-state index contributed by atoms with van der Waals surface area (Å²) in [7, 11) is 1.61. The van der Waals surface area contributed by atoms with Crippen LogP contribution in [0.4, 0.5) is 0 Å². The number of thiophene rings is 1. The summed E-state index contributed by atoms with van der Waals surface area (Å²) in [6.45, 7) is 4.80. The van der Waals surface area contributed by atoms with Crippen molar-refractivity contribution in [3.05, 3.63) is 69.5 Å². The number of carbonyl (C=O) groups is 2. The number of hydrogen-bond acceptors (Lipinski definition) is 6. The number of hydrogen-bond donors (Lipinski definition) is 1. The largest absolute Gasteiger partial charge is 0.497 e. The molecule has 4 rings (SSSR count). The van der Waals surface area contributed by atoms with Gasteiger partial charge in [-0.15, -0.1) is 11.3 Å². The van der Waals surface area contributed by atoms with E-state index in [0.717, 1.165) is 16.2 Å². The Morgan fingerprint density at radius 2 is 1.90 bits per heavy atom. The molecular formula is C23H21N3O4S. The number of aromatic nitrogens is 3. The second-order valence-corrected chi connectivity index (χ2v) is 8.39. The molecule has 0 amide bonds. The normalized spacial score (nSPS) is 11.1. The molecule has 0 spiro atoms. The molecule has 8 heteroatoms. The summed E-state index contributed by atoms with van der Waals surface area (Å²) in [4.78, 5) is 46.0. The van der Waals surface area contributed by atoms with E-state index in [9.17, 15) is 14.4 Å². The zero-order valence-corrected chi connectivity index (χ0v) is 18.4. The van der Waals surface area contributed by atoms with Gasteiger partial charge in [0, 0.05) is 16.1 Å². The zero-order valence-electron chi connectivity index (χ0n) is 17.6. The Morgan fingerprint density at radius 3 is 2.52 bits per heavy atom. The van der Waals surface area contributed by atoms with Crippen molar-refractivity contribution in [2.45, 2.75) is 27.3 Å². The number of aromatic amines is 1. The third kappa shape index (κ3) is 3.70. The molecule has 0 aliphatic rings. The third-order valence-corrected chi connectivity index (χ3v) is 6.42. The van der Waals surface area contributed by atoms with Gasteiger partial charge in [0.2, 0.25) is 0 Å². The first-order valence-electron chi connectivity index (χ1n) is 9.67. The smallest absolute Gasteiger partial charge is 0.271 e. The number of H-pyrrole nitrogens is 1.